The average Bonchev–Trinajstić information content (AvgIpc) is 2.64. The maximum Gasteiger partial charge on any atom is 0.256 e. The van der Waals surface area contributed by atoms with Crippen molar-refractivity contribution in [2.45, 2.75) is 24.9 Å². The zero-order chi connectivity index (χ0) is 16.4. The number of nitrogens with zero attached hydrogens (tertiary/aromatic N) is 1. The average molecular weight is 317 g/mol. The van der Waals surface area contributed by atoms with Gasteiger partial charge >= 0.3 is 0 Å². The molecule has 2 aliphatic heterocycles. The number of fused-ring (bicyclic) bond motifs is 2. The number of nitrogens with one attached hydrogen (secondary N) is 2. The molecule has 1 aromatic rings. The predicted molar refractivity (Wildman–Crippen MR) is 82.9 cm³/mol. The maximum absolute atomic E-state index is 12.7. The molecule has 23 heavy (non-hydrogen) atoms. The Morgan fingerprint density at radius 2 is 2.17 bits per heavy atom. The number of amides is 3. The van der Waals surface area contributed by atoms with E-state index < -0.39 is 6.04 Å². The first kappa shape index (κ1) is 15.5. The Labute approximate surface area is 134 Å². The molecule has 1 aromatic carbocycles. The molecule has 1 saturated heterocycles. The van der Waals surface area contributed by atoms with Gasteiger partial charge in [-0.25, -0.2) is 0 Å². The SMILES string of the molecule is COCC(=O)N[C@H]1CCN2C(=O)c3ccccc3NC(=O)[C@@H]2C1. The summed E-state index contributed by atoms with van der Waals surface area (Å²) in [5.74, 6) is -0.575. The van der Waals surface area contributed by atoms with Crippen LogP contribution < -0.4 is 10.6 Å². The van der Waals surface area contributed by atoms with Crippen LogP contribution in [0.2, 0.25) is 0 Å². The number of hydrogen-bond acceptors (Lipinski definition) is 4. The van der Waals surface area contributed by atoms with E-state index in [2.05, 4.69) is 10.6 Å². The molecule has 7 heteroatoms. The van der Waals surface area contributed by atoms with Gasteiger partial charge in [-0.3, -0.25) is 14.4 Å². The lowest BCUT2D eigenvalue weighted by Gasteiger charge is -2.37. The van der Waals surface area contributed by atoms with E-state index in [1.807, 2.05) is 0 Å². The summed E-state index contributed by atoms with van der Waals surface area (Å²) in [5.41, 5.74) is 1.04. The van der Waals surface area contributed by atoms with Gasteiger partial charge in [-0.1, -0.05) is 12.1 Å². The third-order valence-corrected chi connectivity index (χ3v) is 4.22. The van der Waals surface area contributed by atoms with Gasteiger partial charge in [0.25, 0.3) is 5.91 Å². The molecule has 122 valence electrons. The standard InChI is InChI=1S/C16H19N3O4/c1-23-9-14(20)17-10-6-7-19-13(8-10)15(21)18-12-5-3-2-4-11(12)16(19)22/h2-5,10,13H,6-9H2,1H3,(H,17,20)(H,18,21)/t10-,13-/m0/s1. The Hall–Kier alpha value is -2.41. The maximum atomic E-state index is 12.7. The molecule has 0 spiro atoms. The van der Waals surface area contributed by atoms with Gasteiger partial charge in [0.2, 0.25) is 11.8 Å². The van der Waals surface area contributed by atoms with Crippen LogP contribution in [0.25, 0.3) is 0 Å². The molecule has 2 N–H and O–H groups in total. The lowest BCUT2D eigenvalue weighted by atomic mass is 9.96. The monoisotopic (exact) mass is 317 g/mol. The predicted octanol–water partition coefficient (Wildman–Crippen LogP) is 0.375. The molecule has 3 amide bonds. The van der Waals surface area contributed by atoms with Gasteiger partial charge in [0.05, 0.1) is 11.3 Å². The largest absolute Gasteiger partial charge is 0.375 e. The van der Waals surface area contributed by atoms with Gasteiger partial charge in [-0.2, -0.15) is 0 Å². The molecule has 7 nitrogen and oxygen atoms in total. The van der Waals surface area contributed by atoms with Gasteiger partial charge in [0, 0.05) is 19.7 Å². The minimum atomic E-state index is -0.573. The van der Waals surface area contributed by atoms with Crippen LogP contribution in [0.5, 0.6) is 0 Å². The number of ether oxygens (including phenoxy) is 1. The number of benzene rings is 1. The number of hydrogen-bond donors (Lipinski definition) is 2. The number of methoxy groups -OCH3 is 1. The second-order valence-corrected chi connectivity index (χ2v) is 5.77. The van der Waals surface area contributed by atoms with Crippen LogP contribution >= 0.6 is 0 Å². The molecule has 3 rings (SSSR count). The van der Waals surface area contributed by atoms with Gasteiger partial charge in [-0.15, -0.1) is 0 Å². The number of para-hydroxylation sites is 1. The van der Waals surface area contributed by atoms with E-state index in [0.29, 0.717) is 30.6 Å². The Balaban J connectivity index is 1.78. The van der Waals surface area contributed by atoms with Crippen LogP contribution in [-0.4, -0.2) is 55.0 Å². The van der Waals surface area contributed by atoms with Gasteiger partial charge in [0.1, 0.15) is 12.6 Å². The van der Waals surface area contributed by atoms with Crippen molar-refractivity contribution >= 4 is 23.4 Å². The van der Waals surface area contributed by atoms with Crippen LogP contribution in [0.15, 0.2) is 24.3 Å². The smallest absolute Gasteiger partial charge is 0.256 e. The highest BCUT2D eigenvalue weighted by atomic mass is 16.5. The molecule has 0 aromatic heterocycles. The van der Waals surface area contributed by atoms with E-state index in [9.17, 15) is 14.4 Å². The number of carbonyl (C=O) groups is 3. The molecule has 2 atom stereocenters. The fourth-order valence-electron chi connectivity index (χ4n) is 3.14. The lowest BCUT2D eigenvalue weighted by molar-refractivity contribution is -0.127. The van der Waals surface area contributed by atoms with E-state index in [1.54, 1.807) is 29.2 Å². The van der Waals surface area contributed by atoms with Crippen molar-refractivity contribution in [3.8, 4) is 0 Å². The highest BCUT2D eigenvalue weighted by molar-refractivity contribution is 6.09. The summed E-state index contributed by atoms with van der Waals surface area (Å²) in [7, 11) is 1.46. The van der Waals surface area contributed by atoms with E-state index in [0.717, 1.165) is 0 Å². The first-order valence-corrected chi connectivity index (χ1v) is 7.59. The van der Waals surface area contributed by atoms with Gasteiger partial charge < -0.3 is 20.3 Å². The van der Waals surface area contributed by atoms with Gasteiger partial charge in [-0.05, 0) is 25.0 Å². The summed E-state index contributed by atoms with van der Waals surface area (Å²) in [4.78, 5) is 38.4. The summed E-state index contributed by atoms with van der Waals surface area (Å²) in [6.07, 6.45) is 1.02. The zero-order valence-electron chi connectivity index (χ0n) is 12.9. The lowest BCUT2D eigenvalue weighted by Crippen LogP contribution is -2.55. The van der Waals surface area contributed by atoms with Crippen LogP contribution in [0, 0.1) is 0 Å². The van der Waals surface area contributed by atoms with E-state index in [1.165, 1.54) is 7.11 Å². The fraction of sp³-hybridized carbons (Fsp3) is 0.438. The molecule has 2 aliphatic rings. The first-order chi connectivity index (χ1) is 11.1. The third kappa shape index (κ3) is 3.05. The topological polar surface area (TPSA) is 87.7 Å². The highest BCUT2D eigenvalue weighted by Gasteiger charge is 2.39. The van der Waals surface area contributed by atoms with Crippen molar-refractivity contribution in [2.24, 2.45) is 0 Å². The second kappa shape index (κ2) is 6.37. The summed E-state index contributed by atoms with van der Waals surface area (Å²) >= 11 is 0. The van der Waals surface area contributed by atoms with Crippen LogP contribution in [0.1, 0.15) is 23.2 Å². The molecule has 0 aliphatic carbocycles. The molecule has 0 radical (unpaired) electrons. The molecular formula is C16H19N3O4. The molecule has 0 bridgehead atoms. The molecule has 0 unspecified atom stereocenters. The molecular weight excluding hydrogens is 298 g/mol. The van der Waals surface area contributed by atoms with Crippen LogP contribution in [0.4, 0.5) is 5.69 Å². The van der Waals surface area contributed by atoms with E-state index >= 15 is 0 Å². The summed E-state index contributed by atoms with van der Waals surface area (Å²) < 4.78 is 4.80. The first-order valence-electron chi connectivity index (χ1n) is 7.59. The fourth-order valence-corrected chi connectivity index (χ4v) is 3.14. The van der Waals surface area contributed by atoms with Crippen LogP contribution in [0.3, 0.4) is 0 Å². The normalized spacial score (nSPS) is 23.4. The summed E-state index contributed by atoms with van der Waals surface area (Å²) in [5, 5.41) is 5.66. The number of rotatable bonds is 3. The zero-order valence-corrected chi connectivity index (χ0v) is 12.9. The number of piperidine rings is 1. The Bertz CT molecular complexity index is 646. The summed E-state index contributed by atoms with van der Waals surface area (Å²) in [6, 6.07) is 6.29. The van der Waals surface area contributed by atoms with Crippen molar-refractivity contribution in [1.82, 2.24) is 10.2 Å². The third-order valence-electron chi connectivity index (χ3n) is 4.22. The second-order valence-electron chi connectivity index (χ2n) is 5.77. The highest BCUT2D eigenvalue weighted by Crippen LogP contribution is 2.28. The Kier molecular flexibility index (Phi) is 4.29. The minimum absolute atomic E-state index is 0.0125. The Morgan fingerprint density at radius 1 is 1.39 bits per heavy atom. The van der Waals surface area contributed by atoms with Crippen molar-refractivity contribution in [3.63, 3.8) is 0 Å². The van der Waals surface area contributed by atoms with Crippen LogP contribution in [-0.2, 0) is 14.3 Å². The number of carbonyl (C=O) groups excluding carboxylic acids is 3. The minimum Gasteiger partial charge on any atom is -0.375 e. The molecule has 0 saturated carbocycles. The van der Waals surface area contributed by atoms with Crippen molar-refractivity contribution in [2.75, 3.05) is 25.6 Å². The van der Waals surface area contributed by atoms with E-state index in [-0.39, 0.29) is 30.4 Å². The molecule has 2 heterocycles. The van der Waals surface area contributed by atoms with Crippen molar-refractivity contribution in [3.05, 3.63) is 29.8 Å². The quantitative estimate of drug-likeness (QED) is 0.843. The number of anilines is 1. The Morgan fingerprint density at radius 3 is 2.96 bits per heavy atom. The summed E-state index contributed by atoms with van der Waals surface area (Å²) in [6.45, 7) is 0.421. The van der Waals surface area contributed by atoms with Crippen molar-refractivity contribution < 1.29 is 19.1 Å². The molecule has 1 fully saturated rings. The van der Waals surface area contributed by atoms with E-state index in [4.69, 9.17) is 4.74 Å². The van der Waals surface area contributed by atoms with Crippen molar-refractivity contribution in [1.29, 1.82) is 0 Å². The van der Waals surface area contributed by atoms with Gasteiger partial charge in [0.15, 0.2) is 0 Å².